The van der Waals surface area contributed by atoms with Gasteiger partial charge in [0.1, 0.15) is 0 Å². The Bertz CT molecular complexity index is 631. The van der Waals surface area contributed by atoms with Gasteiger partial charge in [-0.3, -0.25) is 9.59 Å². The van der Waals surface area contributed by atoms with Gasteiger partial charge in [-0.05, 0) is 30.5 Å². The van der Waals surface area contributed by atoms with Gasteiger partial charge in [-0.15, -0.1) is 0 Å². The van der Waals surface area contributed by atoms with E-state index in [0.717, 1.165) is 63.2 Å². The third-order valence-electron chi connectivity index (χ3n) is 4.74. The standard InChI is InChI=1S/C19H26N4O3/c24-18(19(25)23-9-3-1-2-4-10-23)21-20-15-16-5-7-17(8-6-16)22-11-13-26-14-12-22/h5-8,15H,1-4,9-14H2,(H,21,24)/b20-15+. The van der Waals surface area contributed by atoms with Crippen LogP contribution in [0.2, 0.25) is 0 Å². The fourth-order valence-corrected chi connectivity index (χ4v) is 3.22. The van der Waals surface area contributed by atoms with Gasteiger partial charge in [0, 0.05) is 31.9 Å². The van der Waals surface area contributed by atoms with Crippen molar-refractivity contribution in [2.45, 2.75) is 25.7 Å². The number of ether oxygens (including phenoxy) is 1. The second kappa shape index (κ2) is 9.33. The largest absolute Gasteiger partial charge is 0.378 e. The SMILES string of the molecule is O=C(N/N=C/c1ccc(N2CCOCC2)cc1)C(=O)N1CCCCCC1. The Labute approximate surface area is 154 Å². The highest BCUT2D eigenvalue weighted by Crippen LogP contribution is 2.16. The minimum atomic E-state index is -0.673. The highest BCUT2D eigenvalue weighted by Gasteiger charge is 2.22. The molecule has 26 heavy (non-hydrogen) atoms. The molecule has 1 aromatic carbocycles. The van der Waals surface area contributed by atoms with Gasteiger partial charge < -0.3 is 14.5 Å². The molecule has 2 heterocycles. The molecule has 0 aliphatic carbocycles. The zero-order valence-electron chi connectivity index (χ0n) is 15.0. The molecule has 0 bridgehead atoms. The van der Waals surface area contributed by atoms with Gasteiger partial charge in [0.15, 0.2) is 0 Å². The zero-order chi connectivity index (χ0) is 18.2. The first-order valence-electron chi connectivity index (χ1n) is 9.29. The van der Waals surface area contributed by atoms with E-state index >= 15 is 0 Å². The van der Waals surface area contributed by atoms with Gasteiger partial charge in [0.05, 0.1) is 19.4 Å². The summed E-state index contributed by atoms with van der Waals surface area (Å²) in [6, 6.07) is 7.93. The van der Waals surface area contributed by atoms with Crippen LogP contribution in [0.5, 0.6) is 0 Å². The van der Waals surface area contributed by atoms with Crippen LogP contribution in [0.3, 0.4) is 0 Å². The van der Waals surface area contributed by atoms with E-state index in [1.54, 1.807) is 11.1 Å². The number of carbonyl (C=O) groups is 2. The highest BCUT2D eigenvalue weighted by molar-refractivity contribution is 6.35. The maximum atomic E-state index is 12.1. The molecule has 2 aliphatic rings. The zero-order valence-corrected chi connectivity index (χ0v) is 15.0. The summed E-state index contributed by atoms with van der Waals surface area (Å²) in [6.45, 7) is 4.59. The van der Waals surface area contributed by atoms with Crippen LogP contribution in [-0.2, 0) is 14.3 Å². The second-order valence-electron chi connectivity index (χ2n) is 6.60. The molecule has 2 amide bonds. The average Bonchev–Trinajstić information content (AvgIpc) is 2.98. The highest BCUT2D eigenvalue weighted by atomic mass is 16.5. The molecule has 0 unspecified atom stereocenters. The monoisotopic (exact) mass is 358 g/mol. The van der Waals surface area contributed by atoms with Crippen LogP contribution in [0.1, 0.15) is 31.2 Å². The molecule has 2 fully saturated rings. The topological polar surface area (TPSA) is 74.2 Å². The lowest BCUT2D eigenvalue weighted by Gasteiger charge is -2.28. The van der Waals surface area contributed by atoms with Crippen molar-refractivity contribution in [2.24, 2.45) is 5.10 Å². The number of rotatable bonds is 3. The van der Waals surface area contributed by atoms with Crippen LogP contribution in [0.15, 0.2) is 29.4 Å². The number of benzene rings is 1. The smallest absolute Gasteiger partial charge is 0.329 e. The average molecular weight is 358 g/mol. The minimum Gasteiger partial charge on any atom is -0.378 e. The molecule has 0 spiro atoms. The molecule has 7 heteroatoms. The summed E-state index contributed by atoms with van der Waals surface area (Å²) < 4.78 is 5.36. The quantitative estimate of drug-likeness (QED) is 0.503. The summed E-state index contributed by atoms with van der Waals surface area (Å²) in [6.07, 6.45) is 5.69. The van der Waals surface area contributed by atoms with Crippen LogP contribution in [-0.4, -0.2) is 62.3 Å². The number of hydrogen-bond acceptors (Lipinski definition) is 5. The molecule has 7 nitrogen and oxygen atoms in total. The number of nitrogens with zero attached hydrogens (tertiary/aromatic N) is 3. The lowest BCUT2D eigenvalue weighted by molar-refractivity contribution is -0.145. The van der Waals surface area contributed by atoms with Crippen molar-refractivity contribution >= 4 is 23.7 Å². The summed E-state index contributed by atoms with van der Waals surface area (Å²) in [5.74, 6) is -1.17. The molecule has 1 aromatic rings. The lowest BCUT2D eigenvalue weighted by atomic mass is 10.2. The van der Waals surface area contributed by atoms with Crippen molar-refractivity contribution < 1.29 is 14.3 Å². The number of likely N-dealkylation sites (tertiary alicyclic amines) is 1. The van der Waals surface area contributed by atoms with E-state index in [-0.39, 0.29) is 0 Å². The molecule has 0 radical (unpaired) electrons. The van der Waals surface area contributed by atoms with E-state index < -0.39 is 11.8 Å². The maximum Gasteiger partial charge on any atom is 0.329 e. The van der Waals surface area contributed by atoms with Gasteiger partial charge >= 0.3 is 11.8 Å². The van der Waals surface area contributed by atoms with Crippen molar-refractivity contribution in [3.63, 3.8) is 0 Å². The molecular formula is C19H26N4O3. The first kappa shape index (κ1) is 18.4. The van der Waals surface area contributed by atoms with Crippen molar-refractivity contribution in [3.05, 3.63) is 29.8 Å². The molecular weight excluding hydrogens is 332 g/mol. The molecule has 2 aliphatic heterocycles. The first-order chi connectivity index (χ1) is 12.7. The van der Waals surface area contributed by atoms with E-state index in [0.29, 0.717) is 13.1 Å². The third-order valence-corrected chi connectivity index (χ3v) is 4.74. The van der Waals surface area contributed by atoms with Gasteiger partial charge in [-0.1, -0.05) is 25.0 Å². The maximum absolute atomic E-state index is 12.1. The number of nitrogens with one attached hydrogen (secondary N) is 1. The number of hydrazone groups is 1. The predicted molar refractivity (Wildman–Crippen MR) is 100 cm³/mol. The lowest BCUT2D eigenvalue weighted by Crippen LogP contribution is -2.41. The fraction of sp³-hybridized carbons (Fsp3) is 0.526. The van der Waals surface area contributed by atoms with E-state index in [1.165, 1.54) is 0 Å². The van der Waals surface area contributed by atoms with E-state index in [9.17, 15) is 9.59 Å². The Balaban J connectivity index is 1.49. The van der Waals surface area contributed by atoms with Gasteiger partial charge in [0.2, 0.25) is 0 Å². The second-order valence-corrected chi connectivity index (χ2v) is 6.60. The van der Waals surface area contributed by atoms with Gasteiger partial charge in [-0.25, -0.2) is 5.43 Å². The first-order valence-corrected chi connectivity index (χ1v) is 9.29. The molecule has 0 atom stereocenters. The van der Waals surface area contributed by atoms with Crippen molar-refractivity contribution in [1.29, 1.82) is 0 Å². The summed E-state index contributed by atoms with van der Waals surface area (Å²) in [5, 5.41) is 3.92. The Morgan fingerprint density at radius 2 is 1.62 bits per heavy atom. The summed E-state index contributed by atoms with van der Waals surface area (Å²) in [7, 11) is 0. The summed E-state index contributed by atoms with van der Waals surface area (Å²) in [4.78, 5) is 28.0. The molecule has 140 valence electrons. The normalized spacial score (nSPS) is 18.6. The van der Waals surface area contributed by atoms with Crippen molar-refractivity contribution in [3.8, 4) is 0 Å². The van der Waals surface area contributed by atoms with E-state index in [4.69, 9.17) is 4.74 Å². The Morgan fingerprint density at radius 1 is 0.962 bits per heavy atom. The Morgan fingerprint density at radius 3 is 2.27 bits per heavy atom. The number of amides is 2. The molecule has 1 N–H and O–H groups in total. The molecule has 0 saturated carbocycles. The van der Waals surface area contributed by atoms with Crippen LogP contribution in [0, 0.1) is 0 Å². The predicted octanol–water partition coefficient (Wildman–Crippen LogP) is 1.38. The number of carbonyl (C=O) groups excluding carboxylic acids is 2. The minimum absolute atomic E-state index is 0.494. The van der Waals surface area contributed by atoms with E-state index in [1.807, 2.05) is 24.3 Å². The molecule has 3 rings (SSSR count). The van der Waals surface area contributed by atoms with Gasteiger partial charge in [0.25, 0.3) is 0 Å². The molecule has 2 saturated heterocycles. The fourth-order valence-electron chi connectivity index (χ4n) is 3.22. The van der Waals surface area contributed by atoms with Crippen LogP contribution >= 0.6 is 0 Å². The number of morpholine rings is 1. The third kappa shape index (κ3) is 5.05. The summed E-state index contributed by atoms with van der Waals surface area (Å²) >= 11 is 0. The van der Waals surface area contributed by atoms with Gasteiger partial charge in [-0.2, -0.15) is 5.10 Å². The van der Waals surface area contributed by atoms with Crippen molar-refractivity contribution in [1.82, 2.24) is 10.3 Å². The van der Waals surface area contributed by atoms with Crippen LogP contribution in [0.25, 0.3) is 0 Å². The molecule has 0 aromatic heterocycles. The number of hydrogen-bond donors (Lipinski definition) is 1. The number of anilines is 1. The van der Waals surface area contributed by atoms with Crippen molar-refractivity contribution in [2.75, 3.05) is 44.3 Å². The Kier molecular flexibility index (Phi) is 6.60. The van der Waals surface area contributed by atoms with Crippen LogP contribution < -0.4 is 10.3 Å². The summed E-state index contributed by atoms with van der Waals surface area (Å²) in [5.41, 5.74) is 4.35. The Hall–Kier alpha value is -2.41. The van der Waals surface area contributed by atoms with E-state index in [2.05, 4.69) is 15.4 Å². The van der Waals surface area contributed by atoms with Crippen LogP contribution in [0.4, 0.5) is 5.69 Å².